The highest BCUT2D eigenvalue weighted by atomic mass is 35.5. The highest BCUT2D eigenvalue weighted by Gasteiger charge is 2.27. The summed E-state index contributed by atoms with van der Waals surface area (Å²) in [5.41, 5.74) is 1.43. The first-order valence-electron chi connectivity index (χ1n) is 6.96. The number of sulfonamides is 1. The minimum atomic E-state index is -3.92. The zero-order valence-electron chi connectivity index (χ0n) is 11.9. The van der Waals surface area contributed by atoms with Crippen LogP contribution in [0.1, 0.15) is 23.2 Å². The molecule has 1 aliphatic carbocycles. The lowest BCUT2D eigenvalue weighted by atomic mass is 9.98. The molecule has 2 N–H and O–H groups in total. The second kappa shape index (κ2) is 5.87. The molecule has 1 aromatic carbocycles. The Morgan fingerprint density at radius 1 is 1.43 bits per heavy atom. The SMILES string of the molecule is N#Cc1ccc(NS(=O)(=O)c2c[nH]c3c2CCC(Cl)C3)c(F)c1. The maximum atomic E-state index is 13.9. The number of halogens is 2. The minimum Gasteiger partial charge on any atom is -0.363 e. The Balaban J connectivity index is 1.93. The van der Waals surface area contributed by atoms with Crippen molar-refractivity contribution in [1.82, 2.24) is 4.98 Å². The predicted octanol–water partition coefficient (Wildman–Crippen LogP) is 2.92. The topological polar surface area (TPSA) is 85.8 Å². The van der Waals surface area contributed by atoms with Gasteiger partial charge in [0.1, 0.15) is 10.7 Å². The van der Waals surface area contributed by atoms with Gasteiger partial charge in [0.05, 0.1) is 17.3 Å². The van der Waals surface area contributed by atoms with Gasteiger partial charge in [0.25, 0.3) is 10.0 Å². The summed E-state index contributed by atoms with van der Waals surface area (Å²) in [4.78, 5) is 3.05. The van der Waals surface area contributed by atoms with Gasteiger partial charge in [0, 0.05) is 23.7 Å². The number of nitrogens with zero attached hydrogens (tertiary/aromatic N) is 1. The molecule has 0 bridgehead atoms. The van der Waals surface area contributed by atoms with Crippen molar-refractivity contribution in [2.75, 3.05) is 4.72 Å². The third-order valence-electron chi connectivity index (χ3n) is 3.80. The van der Waals surface area contributed by atoms with Crippen LogP contribution in [0.25, 0.3) is 0 Å². The number of rotatable bonds is 3. The molecular formula is C15H13ClFN3O2S. The molecule has 120 valence electrons. The molecular weight excluding hydrogens is 341 g/mol. The van der Waals surface area contributed by atoms with Crippen LogP contribution in [-0.2, 0) is 22.9 Å². The standard InChI is InChI=1S/C15H13ClFN3O2S/c16-10-2-3-11-14(6-10)19-8-15(11)23(21,22)20-13-4-1-9(7-18)5-12(13)17/h1,4-5,8,10,19-20H,2-3,6H2. The number of fused-ring (bicyclic) bond motifs is 1. The van der Waals surface area contributed by atoms with Crippen LogP contribution in [0.4, 0.5) is 10.1 Å². The smallest absolute Gasteiger partial charge is 0.263 e. The summed E-state index contributed by atoms with van der Waals surface area (Å²) < 4.78 is 41.2. The lowest BCUT2D eigenvalue weighted by molar-refractivity contribution is 0.596. The number of hydrogen-bond acceptors (Lipinski definition) is 3. The van der Waals surface area contributed by atoms with Gasteiger partial charge in [-0.15, -0.1) is 11.6 Å². The molecule has 1 unspecified atom stereocenters. The molecule has 1 heterocycles. The summed E-state index contributed by atoms with van der Waals surface area (Å²) in [5.74, 6) is -0.794. The highest BCUT2D eigenvalue weighted by Crippen LogP contribution is 2.30. The Kier molecular flexibility index (Phi) is 4.04. The van der Waals surface area contributed by atoms with Gasteiger partial charge in [-0.2, -0.15) is 5.26 Å². The fraction of sp³-hybridized carbons (Fsp3) is 0.267. The van der Waals surface area contributed by atoms with E-state index in [1.165, 1.54) is 18.3 Å². The van der Waals surface area contributed by atoms with Crippen LogP contribution < -0.4 is 4.72 Å². The lowest BCUT2D eigenvalue weighted by Gasteiger charge is -2.17. The number of aromatic nitrogens is 1. The fourth-order valence-electron chi connectivity index (χ4n) is 2.66. The van der Waals surface area contributed by atoms with E-state index in [2.05, 4.69) is 9.71 Å². The molecule has 0 saturated heterocycles. The van der Waals surface area contributed by atoms with E-state index in [-0.39, 0.29) is 21.5 Å². The third-order valence-corrected chi connectivity index (χ3v) is 5.61. The first kappa shape index (κ1) is 15.8. The number of hydrogen-bond donors (Lipinski definition) is 2. The Labute approximate surface area is 138 Å². The third kappa shape index (κ3) is 3.05. The normalized spacial score (nSPS) is 17.3. The summed E-state index contributed by atoms with van der Waals surface area (Å²) in [7, 11) is -3.92. The van der Waals surface area contributed by atoms with E-state index >= 15 is 0 Å². The first-order chi connectivity index (χ1) is 10.9. The Bertz CT molecular complexity index is 902. The Hall–Kier alpha value is -2.04. The average Bonchev–Trinajstić information content (AvgIpc) is 2.93. The first-order valence-corrected chi connectivity index (χ1v) is 8.88. The van der Waals surface area contributed by atoms with Crippen molar-refractivity contribution in [1.29, 1.82) is 5.26 Å². The molecule has 3 rings (SSSR count). The lowest BCUT2D eigenvalue weighted by Crippen LogP contribution is -2.18. The minimum absolute atomic E-state index is 0.0133. The number of benzene rings is 1. The van der Waals surface area contributed by atoms with E-state index in [1.807, 2.05) is 0 Å². The van der Waals surface area contributed by atoms with Gasteiger partial charge in [0.2, 0.25) is 0 Å². The van der Waals surface area contributed by atoms with Gasteiger partial charge < -0.3 is 4.98 Å². The fourth-order valence-corrected chi connectivity index (χ4v) is 4.26. The molecule has 1 aromatic heterocycles. The molecule has 0 amide bonds. The van der Waals surface area contributed by atoms with E-state index < -0.39 is 15.8 Å². The number of H-pyrrole nitrogens is 1. The van der Waals surface area contributed by atoms with Gasteiger partial charge in [-0.05, 0) is 36.6 Å². The zero-order chi connectivity index (χ0) is 16.6. The molecule has 23 heavy (non-hydrogen) atoms. The van der Waals surface area contributed by atoms with Crippen LogP contribution >= 0.6 is 11.6 Å². The largest absolute Gasteiger partial charge is 0.363 e. The van der Waals surface area contributed by atoms with Crippen LogP contribution in [0.5, 0.6) is 0 Å². The van der Waals surface area contributed by atoms with Crippen molar-refractivity contribution in [3.05, 3.63) is 47.0 Å². The second-order valence-corrected chi connectivity index (χ2v) is 7.63. The maximum Gasteiger partial charge on any atom is 0.263 e. The summed E-state index contributed by atoms with van der Waals surface area (Å²) in [6.45, 7) is 0. The van der Waals surface area contributed by atoms with Crippen molar-refractivity contribution in [2.45, 2.75) is 29.5 Å². The summed E-state index contributed by atoms with van der Waals surface area (Å²) in [5, 5.41) is 8.71. The molecule has 0 saturated carbocycles. The summed E-state index contributed by atoms with van der Waals surface area (Å²) in [6.07, 6.45) is 3.24. The number of nitrogens with one attached hydrogen (secondary N) is 2. The highest BCUT2D eigenvalue weighted by molar-refractivity contribution is 7.92. The molecule has 0 spiro atoms. The average molecular weight is 354 g/mol. The van der Waals surface area contributed by atoms with Crippen molar-refractivity contribution in [3.63, 3.8) is 0 Å². The molecule has 5 nitrogen and oxygen atoms in total. The van der Waals surface area contributed by atoms with Crippen LogP contribution in [0.2, 0.25) is 0 Å². The number of nitriles is 1. The van der Waals surface area contributed by atoms with Crippen molar-refractivity contribution in [2.24, 2.45) is 0 Å². The Morgan fingerprint density at radius 2 is 2.22 bits per heavy atom. The van der Waals surface area contributed by atoms with Crippen molar-refractivity contribution >= 4 is 27.3 Å². The van der Waals surface area contributed by atoms with E-state index in [1.54, 1.807) is 6.07 Å². The molecule has 8 heteroatoms. The van der Waals surface area contributed by atoms with Gasteiger partial charge >= 0.3 is 0 Å². The summed E-state index contributed by atoms with van der Waals surface area (Å²) >= 11 is 6.09. The van der Waals surface area contributed by atoms with E-state index in [0.29, 0.717) is 24.8 Å². The molecule has 1 aliphatic rings. The van der Waals surface area contributed by atoms with Crippen LogP contribution in [0.15, 0.2) is 29.3 Å². The zero-order valence-corrected chi connectivity index (χ0v) is 13.5. The second-order valence-electron chi connectivity index (χ2n) is 5.36. The van der Waals surface area contributed by atoms with Gasteiger partial charge in [-0.25, -0.2) is 12.8 Å². The predicted molar refractivity (Wildman–Crippen MR) is 84.4 cm³/mol. The number of alkyl halides is 1. The number of anilines is 1. The van der Waals surface area contributed by atoms with Crippen LogP contribution in [0.3, 0.4) is 0 Å². The molecule has 2 aromatic rings. The quantitative estimate of drug-likeness (QED) is 0.832. The molecule has 0 radical (unpaired) electrons. The van der Waals surface area contributed by atoms with Gasteiger partial charge in [-0.1, -0.05) is 0 Å². The van der Waals surface area contributed by atoms with Crippen molar-refractivity contribution in [3.8, 4) is 6.07 Å². The van der Waals surface area contributed by atoms with Crippen LogP contribution in [-0.4, -0.2) is 18.8 Å². The molecule has 0 fully saturated rings. The Morgan fingerprint density at radius 3 is 2.91 bits per heavy atom. The number of aromatic amines is 1. The van der Waals surface area contributed by atoms with E-state index in [4.69, 9.17) is 16.9 Å². The van der Waals surface area contributed by atoms with E-state index in [9.17, 15) is 12.8 Å². The van der Waals surface area contributed by atoms with Crippen LogP contribution in [0, 0.1) is 17.1 Å². The molecule has 1 atom stereocenters. The van der Waals surface area contributed by atoms with E-state index in [0.717, 1.165) is 11.8 Å². The molecule has 0 aliphatic heterocycles. The van der Waals surface area contributed by atoms with Gasteiger partial charge in [-0.3, -0.25) is 4.72 Å². The summed E-state index contributed by atoms with van der Waals surface area (Å²) in [6, 6.07) is 5.37. The maximum absolute atomic E-state index is 13.9. The van der Waals surface area contributed by atoms with Gasteiger partial charge in [0.15, 0.2) is 0 Å². The van der Waals surface area contributed by atoms with Crippen molar-refractivity contribution < 1.29 is 12.8 Å². The monoisotopic (exact) mass is 353 g/mol.